The number of likely N-dealkylation sites (tertiary alicyclic amines) is 1. The quantitative estimate of drug-likeness (QED) is 0.308. The van der Waals surface area contributed by atoms with Crippen LogP contribution in [-0.4, -0.2) is 38.4 Å². The van der Waals surface area contributed by atoms with E-state index >= 15 is 0 Å². The van der Waals surface area contributed by atoms with E-state index in [0.29, 0.717) is 29.4 Å². The second-order valence-electron chi connectivity index (χ2n) is 8.61. The molecule has 0 spiro atoms. The van der Waals surface area contributed by atoms with Crippen LogP contribution in [-0.2, 0) is 16.1 Å². The van der Waals surface area contributed by atoms with Crippen LogP contribution in [0.3, 0.4) is 0 Å². The van der Waals surface area contributed by atoms with Crippen molar-refractivity contribution in [1.29, 1.82) is 0 Å². The molecule has 0 bridgehead atoms. The number of aliphatic hydroxyl groups is 1. The maximum absolute atomic E-state index is 13.1. The molecule has 34 heavy (non-hydrogen) atoms. The lowest BCUT2D eigenvalue weighted by molar-refractivity contribution is -0.140. The normalized spacial score (nSPS) is 17.4. The number of aromatic hydroxyl groups is 1. The molecule has 7 nitrogen and oxygen atoms in total. The summed E-state index contributed by atoms with van der Waals surface area (Å²) in [5.41, 5.74) is 1.75. The van der Waals surface area contributed by atoms with Gasteiger partial charge in [0.2, 0.25) is 0 Å². The number of nitrogens with zero attached hydrogens (tertiary/aromatic N) is 2. The van der Waals surface area contributed by atoms with Crippen molar-refractivity contribution in [1.82, 2.24) is 9.88 Å². The molecule has 1 atom stereocenters. The first kappa shape index (κ1) is 23.0. The molecule has 1 fully saturated rings. The number of aromatic nitrogens is 1. The average Bonchev–Trinajstić information content (AvgIpc) is 3.08. The molecule has 2 heterocycles. The Morgan fingerprint density at radius 1 is 1.06 bits per heavy atom. The van der Waals surface area contributed by atoms with Crippen molar-refractivity contribution in [3.8, 4) is 11.5 Å². The summed E-state index contributed by atoms with van der Waals surface area (Å²) in [6, 6.07) is 15.8. The molecule has 2 N–H and O–H groups in total. The summed E-state index contributed by atoms with van der Waals surface area (Å²) in [5, 5.41) is 20.9. The van der Waals surface area contributed by atoms with Crippen LogP contribution in [0, 0.1) is 5.92 Å². The van der Waals surface area contributed by atoms with Crippen LogP contribution in [0.15, 0.2) is 78.6 Å². The van der Waals surface area contributed by atoms with Crippen LogP contribution in [0.5, 0.6) is 11.5 Å². The topological polar surface area (TPSA) is 100.0 Å². The van der Waals surface area contributed by atoms with Crippen molar-refractivity contribution in [2.75, 3.05) is 6.61 Å². The van der Waals surface area contributed by atoms with Gasteiger partial charge in [0.25, 0.3) is 11.7 Å². The zero-order chi connectivity index (χ0) is 24.2. The molecule has 1 saturated heterocycles. The first-order valence-corrected chi connectivity index (χ1v) is 11.0. The predicted octanol–water partition coefficient (Wildman–Crippen LogP) is 4.44. The number of ketones is 1. The Labute approximate surface area is 198 Å². The minimum atomic E-state index is -0.822. The van der Waals surface area contributed by atoms with Crippen molar-refractivity contribution in [3.05, 3.63) is 95.3 Å². The van der Waals surface area contributed by atoms with Gasteiger partial charge in [-0.05, 0) is 59.5 Å². The number of rotatable bonds is 7. The van der Waals surface area contributed by atoms with Crippen LogP contribution < -0.4 is 4.74 Å². The van der Waals surface area contributed by atoms with Crippen molar-refractivity contribution in [2.24, 2.45) is 5.92 Å². The molecule has 1 amide bonds. The number of carbonyl (C=O) groups excluding carboxylic acids is 2. The summed E-state index contributed by atoms with van der Waals surface area (Å²) in [7, 11) is 0. The average molecular weight is 459 g/mol. The summed E-state index contributed by atoms with van der Waals surface area (Å²) in [4.78, 5) is 31.7. The fourth-order valence-electron chi connectivity index (χ4n) is 3.86. The number of amides is 1. The Kier molecular flexibility index (Phi) is 6.63. The van der Waals surface area contributed by atoms with E-state index in [1.54, 1.807) is 54.9 Å². The Morgan fingerprint density at radius 2 is 1.76 bits per heavy atom. The highest BCUT2D eigenvalue weighted by molar-refractivity contribution is 6.46. The zero-order valence-corrected chi connectivity index (χ0v) is 19.0. The largest absolute Gasteiger partial charge is 0.508 e. The van der Waals surface area contributed by atoms with Crippen LogP contribution in [0.25, 0.3) is 5.76 Å². The molecular formula is C27H26N2O5. The molecule has 0 saturated carbocycles. The zero-order valence-electron chi connectivity index (χ0n) is 19.0. The van der Waals surface area contributed by atoms with E-state index in [1.807, 2.05) is 19.9 Å². The molecule has 1 aromatic heterocycles. The van der Waals surface area contributed by atoms with Crippen molar-refractivity contribution in [2.45, 2.75) is 26.4 Å². The third-order valence-electron chi connectivity index (χ3n) is 5.54. The summed E-state index contributed by atoms with van der Waals surface area (Å²) in [6.45, 7) is 4.80. The molecule has 1 aliphatic rings. The van der Waals surface area contributed by atoms with E-state index in [0.717, 1.165) is 5.56 Å². The summed E-state index contributed by atoms with van der Waals surface area (Å²) >= 11 is 0. The van der Waals surface area contributed by atoms with Gasteiger partial charge in [-0.25, -0.2) is 0 Å². The lowest BCUT2D eigenvalue weighted by Gasteiger charge is -2.25. The number of ether oxygens (including phenoxy) is 1. The first-order valence-electron chi connectivity index (χ1n) is 11.0. The van der Waals surface area contributed by atoms with Gasteiger partial charge < -0.3 is 19.8 Å². The molecule has 1 aliphatic heterocycles. The molecule has 3 aromatic rings. The van der Waals surface area contributed by atoms with Gasteiger partial charge in [0.1, 0.15) is 17.3 Å². The summed E-state index contributed by atoms with van der Waals surface area (Å²) in [5.74, 6) is -0.656. The number of carbonyl (C=O) groups is 2. The highest BCUT2D eigenvalue weighted by atomic mass is 16.5. The minimum Gasteiger partial charge on any atom is -0.508 e. The van der Waals surface area contributed by atoms with E-state index in [2.05, 4.69) is 4.98 Å². The van der Waals surface area contributed by atoms with Crippen molar-refractivity contribution < 1.29 is 24.5 Å². The Balaban J connectivity index is 1.75. The highest BCUT2D eigenvalue weighted by Gasteiger charge is 2.46. The van der Waals surface area contributed by atoms with E-state index in [1.165, 1.54) is 17.0 Å². The molecular weight excluding hydrogens is 432 g/mol. The second kappa shape index (κ2) is 9.79. The van der Waals surface area contributed by atoms with E-state index in [-0.39, 0.29) is 23.6 Å². The standard InChI is InChI=1S/C27H26N2O5/c1-17(2)16-34-22-11-7-20(8-12-22)25(31)23-24(19-5-9-21(30)10-6-19)29(27(33)26(23)32)15-18-4-3-13-28-14-18/h3-14,17,24,30-31H,15-16H2,1-2H3/t24-/m0/s1. The molecule has 7 heteroatoms. The number of aliphatic hydroxyl groups excluding tert-OH is 1. The molecule has 0 aliphatic carbocycles. The number of phenols is 1. The van der Waals surface area contributed by atoms with Crippen molar-refractivity contribution in [3.63, 3.8) is 0 Å². The number of hydrogen-bond acceptors (Lipinski definition) is 6. The number of hydrogen-bond donors (Lipinski definition) is 2. The lowest BCUT2D eigenvalue weighted by atomic mass is 9.95. The van der Waals surface area contributed by atoms with E-state index in [9.17, 15) is 19.8 Å². The maximum atomic E-state index is 13.1. The molecule has 0 radical (unpaired) electrons. The highest BCUT2D eigenvalue weighted by Crippen LogP contribution is 2.40. The smallest absolute Gasteiger partial charge is 0.295 e. The second-order valence-corrected chi connectivity index (χ2v) is 8.61. The Morgan fingerprint density at radius 3 is 2.38 bits per heavy atom. The van der Waals surface area contributed by atoms with Gasteiger partial charge in [-0.15, -0.1) is 0 Å². The molecule has 2 aromatic carbocycles. The van der Waals surface area contributed by atoms with Gasteiger partial charge in [-0.3, -0.25) is 14.6 Å². The first-order chi connectivity index (χ1) is 16.3. The Bertz CT molecular complexity index is 1200. The Hall–Kier alpha value is -4.13. The van der Waals surface area contributed by atoms with E-state index in [4.69, 9.17) is 4.74 Å². The van der Waals surface area contributed by atoms with Crippen LogP contribution in [0.4, 0.5) is 0 Å². The van der Waals surface area contributed by atoms with Gasteiger partial charge in [0.05, 0.1) is 18.2 Å². The van der Waals surface area contributed by atoms with Gasteiger partial charge in [-0.1, -0.05) is 32.0 Å². The number of benzene rings is 2. The van der Waals surface area contributed by atoms with Gasteiger partial charge in [0.15, 0.2) is 0 Å². The lowest BCUT2D eigenvalue weighted by Crippen LogP contribution is -2.29. The summed E-state index contributed by atoms with van der Waals surface area (Å²) < 4.78 is 5.69. The van der Waals surface area contributed by atoms with Crippen LogP contribution >= 0.6 is 0 Å². The molecule has 4 rings (SSSR count). The third-order valence-corrected chi connectivity index (χ3v) is 5.54. The van der Waals surface area contributed by atoms with E-state index < -0.39 is 17.7 Å². The third kappa shape index (κ3) is 4.78. The number of pyridine rings is 1. The minimum absolute atomic E-state index is 0.00423. The number of phenolic OH excluding ortho intramolecular Hbond substituents is 1. The summed E-state index contributed by atoms with van der Waals surface area (Å²) in [6.07, 6.45) is 3.26. The van der Waals surface area contributed by atoms with Crippen molar-refractivity contribution >= 4 is 17.4 Å². The fourth-order valence-corrected chi connectivity index (χ4v) is 3.86. The monoisotopic (exact) mass is 458 g/mol. The van der Waals surface area contributed by atoms with Crippen LogP contribution in [0.2, 0.25) is 0 Å². The molecule has 0 unspecified atom stereocenters. The molecule has 174 valence electrons. The van der Waals surface area contributed by atoms with Gasteiger partial charge in [-0.2, -0.15) is 0 Å². The maximum Gasteiger partial charge on any atom is 0.295 e. The number of Topliss-reactive ketones (excluding diaryl/α,β-unsaturated/α-hetero) is 1. The predicted molar refractivity (Wildman–Crippen MR) is 127 cm³/mol. The van der Waals surface area contributed by atoms with Gasteiger partial charge in [0, 0.05) is 24.5 Å². The van der Waals surface area contributed by atoms with Gasteiger partial charge >= 0.3 is 0 Å². The SMILES string of the molecule is CC(C)COc1ccc(C(O)=C2C(=O)C(=O)N(Cc3cccnc3)[C@H]2c2ccc(O)cc2)cc1. The fraction of sp³-hybridized carbons (Fsp3) is 0.222. The van der Waals surface area contributed by atoms with Crippen LogP contribution in [0.1, 0.15) is 36.6 Å².